The summed E-state index contributed by atoms with van der Waals surface area (Å²) in [5.41, 5.74) is 4.92. The molecule has 3 heterocycles. The SMILES string of the molecule is O=C1O[C@@]23CC[C@]1(N(Cc1ccccc1)Cc1ccccc1)C[C@@]21CCN(CC2CC2)[C@@H]3Cc2ccc(OCc3ccccc3)cc21. The van der Waals surface area contributed by atoms with Gasteiger partial charge in [0.05, 0.1) is 6.04 Å². The summed E-state index contributed by atoms with van der Waals surface area (Å²) in [5, 5.41) is 0. The van der Waals surface area contributed by atoms with E-state index in [-0.39, 0.29) is 17.4 Å². The third-order valence-corrected chi connectivity index (χ3v) is 12.3. The van der Waals surface area contributed by atoms with Crippen molar-refractivity contribution in [2.45, 2.75) is 87.2 Å². The highest BCUT2D eigenvalue weighted by Gasteiger charge is 2.75. The number of carbonyl (C=O) groups excluding carboxylic acids is 1. The van der Waals surface area contributed by atoms with Crippen LogP contribution in [0, 0.1) is 5.92 Å². The van der Waals surface area contributed by atoms with Crippen molar-refractivity contribution >= 4 is 5.97 Å². The molecule has 1 spiro atoms. The minimum absolute atomic E-state index is 0.00978. The summed E-state index contributed by atoms with van der Waals surface area (Å²) in [6.07, 6.45) is 7.13. The summed E-state index contributed by atoms with van der Waals surface area (Å²) in [7, 11) is 0. The normalized spacial score (nSPS) is 29.2. The van der Waals surface area contributed by atoms with Crippen LogP contribution in [0.1, 0.15) is 66.3 Å². The standard InChI is InChI=1S/C42H44N2O3/c45-39-41(44(27-31-10-4-1-5-11-31)28-32-12-6-2-7-13-32)20-21-42(47-39)38-24-35-18-19-36(46-29-34-14-8-3-9-15-34)25-37(35)40(42,30-41)22-23-43(38)26-33-16-17-33/h1-15,18-19,25,33,38H,16-17,20-24,26-30H2/t38-,40-,41+,42-/m1/s1. The van der Waals surface area contributed by atoms with Crippen molar-refractivity contribution in [2.75, 3.05) is 13.1 Å². The maximum atomic E-state index is 14.7. The average Bonchev–Trinajstić information content (AvgIpc) is 3.94. The number of likely N-dealkylation sites (tertiary alicyclic amines) is 1. The molecule has 0 aromatic heterocycles. The molecule has 2 saturated carbocycles. The van der Waals surface area contributed by atoms with E-state index < -0.39 is 11.1 Å². The first kappa shape index (κ1) is 29.2. The van der Waals surface area contributed by atoms with Crippen molar-refractivity contribution in [3.05, 3.63) is 137 Å². The minimum Gasteiger partial charge on any atom is -0.489 e. The van der Waals surface area contributed by atoms with Crippen LogP contribution < -0.4 is 4.74 Å². The first-order valence-electron chi connectivity index (χ1n) is 17.7. The zero-order valence-corrected chi connectivity index (χ0v) is 27.2. The highest BCUT2D eigenvalue weighted by Crippen LogP contribution is 2.66. The van der Waals surface area contributed by atoms with Crippen molar-refractivity contribution in [1.29, 1.82) is 0 Å². The molecule has 4 bridgehead atoms. The Hall–Kier alpha value is -3.93. The molecule has 5 fully saturated rings. The highest BCUT2D eigenvalue weighted by molar-refractivity contribution is 5.85. The molecular formula is C42H44N2O3. The summed E-state index contributed by atoms with van der Waals surface area (Å²) in [6, 6.07) is 38.7. The lowest BCUT2D eigenvalue weighted by Gasteiger charge is -2.71. The van der Waals surface area contributed by atoms with E-state index in [9.17, 15) is 4.79 Å². The number of rotatable bonds is 10. The largest absolute Gasteiger partial charge is 0.489 e. The smallest absolute Gasteiger partial charge is 0.327 e. The van der Waals surface area contributed by atoms with Crippen LogP contribution in [0.25, 0.3) is 0 Å². The second-order valence-electron chi connectivity index (χ2n) is 14.9. The molecule has 4 atom stereocenters. The molecule has 4 aromatic carbocycles. The molecule has 4 aromatic rings. The number of ether oxygens (including phenoxy) is 2. The molecule has 0 unspecified atom stereocenters. The molecule has 0 amide bonds. The van der Waals surface area contributed by atoms with Gasteiger partial charge in [0.15, 0.2) is 0 Å². The number of piperidine rings is 1. The summed E-state index contributed by atoms with van der Waals surface area (Å²) < 4.78 is 13.5. The van der Waals surface area contributed by atoms with Crippen molar-refractivity contribution in [1.82, 2.24) is 9.80 Å². The van der Waals surface area contributed by atoms with Crippen LogP contribution in [0.5, 0.6) is 5.75 Å². The fourth-order valence-corrected chi connectivity index (χ4v) is 9.78. The first-order valence-corrected chi connectivity index (χ1v) is 17.7. The number of hydrogen-bond donors (Lipinski definition) is 0. The molecule has 3 aliphatic heterocycles. The van der Waals surface area contributed by atoms with Crippen LogP contribution in [0.3, 0.4) is 0 Å². The number of nitrogens with zero attached hydrogens (tertiary/aromatic N) is 2. The van der Waals surface area contributed by atoms with Gasteiger partial charge in [-0.3, -0.25) is 14.6 Å². The van der Waals surface area contributed by atoms with E-state index in [1.807, 2.05) is 6.07 Å². The van der Waals surface area contributed by atoms with Crippen molar-refractivity contribution < 1.29 is 14.3 Å². The number of hydrogen-bond acceptors (Lipinski definition) is 5. The Bertz CT molecular complexity index is 1720. The maximum absolute atomic E-state index is 14.7. The van der Waals surface area contributed by atoms with Crippen LogP contribution in [0.2, 0.25) is 0 Å². The van der Waals surface area contributed by atoms with Gasteiger partial charge < -0.3 is 9.47 Å². The lowest BCUT2D eigenvalue weighted by molar-refractivity contribution is -0.263. The Balaban J connectivity index is 1.14. The predicted molar refractivity (Wildman–Crippen MR) is 183 cm³/mol. The fraction of sp³-hybridized carbons (Fsp3) is 0.405. The maximum Gasteiger partial charge on any atom is 0.327 e. The molecule has 5 heteroatoms. The van der Waals surface area contributed by atoms with Crippen LogP contribution in [0.4, 0.5) is 0 Å². The Morgan fingerprint density at radius 2 is 1.45 bits per heavy atom. The third kappa shape index (κ3) is 4.85. The van der Waals surface area contributed by atoms with Gasteiger partial charge in [0.25, 0.3) is 0 Å². The molecule has 47 heavy (non-hydrogen) atoms. The van der Waals surface area contributed by atoms with E-state index in [0.29, 0.717) is 19.7 Å². The van der Waals surface area contributed by atoms with E-state index in [0.717, 1.165) is 62.4 Å². The van der Waals surface area contributed by atoms with Crippen LogP contribution in [-0.2, 0) is 41.1 Å². The van der Waals surface area contributed by atoms with Gasteiger partial charge in [0, 0.05) is 25.0 Å². The Morgan fingerprint density at radius 1 is 0.787 bits per heavy atom. The fourth-order valence-electron chi connectivity index (χ4n) is 9.78. The van der Waals surface area contributed by atoms with E-state index in [4.69, 9.17) is 9.47 Å². The molecule has 10 rings (SSSR count). The van der Waals surface area contributed by atoms with E-state index in [2.05, 4.69) is 113 Å². The highest BCUT2D eigenvalue weighted by atomic mass is 16.6. The minimum atomic E-state index is -0.702. The number of esters is 1. The van der Waals surface area contributed by atoms with E-state index in [1.54, 1.807) is 0 Å². The zero-order chi connectivity index (χ0) is 31.5. The van der Waals surface area contributed by atoms with Crippen molar-refractivity contribution in [3.63, 3.8) is 0 Å². The third-order valence-electron chi connectivity index (χ3n) is 12.3. The van der Waals surface area contributed by atoms with Crippen LogP contribution in [0.15, 0.2) is 109 Å². The second-order valence-corrected chi connectivity index (χ2v) is 14.9. The van der Waals surface area contributed by atoms with Gasteiger partial charge in [-0.15, -0.1) is 0 Å². The predicted octanol–water partition coefficient (Wildman–Crippen LogP) is 7.46. The van der Waals surface area contributed by atoms with Gasteiger partial charge in [0.1, 0.15) is 23.5 Å². The number of benzene rings is 4. The van der Waals surface area contributed by atoms with E-state index >= 15 is 0 Å². The Morgan fingerprint density at radius 3 is 2.09 bits per heavy atom. The molecule has 240 valence electrons. The van der Waals surface area contributed by atoms with Gasteiger partial charge in [-0.1, -0.05) is 97.1 Å². The monoisotopic (exact) mass is 624 g/mol. The molecule has 0 radical (unpaired) electrons. The molecule has 5 nitrogen and oxygen atoms in total. The summed E-state index contributed by atoms with van der Waals surface area (Å²) >= 11 is 0. The van der Waals surface area contributed by atoms with Crippen molar-refractivity contribution in [2.24, 2.45) is 5.92 Å². The first-order chi connectivity index (χ1) is 23.1. The molecule has 6 aliphatic rings. The lowest BCUT2D eigenvalue weighted by atomic mass is 9.44. The molecule has 3 aliphatic carbocycles. The molecule has 0 N–H and O–H groups in total. The summed E-state index contributed by atoms with van der Waals surface area (Å²) in [4.78, 5) is 19.9. The van der Waals surface area contributed by atoms with Gasteiger partial charge in [-0.2, -0.15) is 0 Å². The zero-order valence-electron chi connectivity index (χ0n) is 27.2. The van der Waals surface area contributed by atoms with Crippen LogP contribution in [-0.4, -0.2) is 46.0 Å². The number of fused-ring (bicyclic) bond motifs is 3. The van der Waals surface area contributed by atoms with Crippen LogP contribution >= 0.6 is 0 Å². The Kier molecular flexibility index (Phi) is 7.06. The Labute approximate surface area is 278 Å². The van der Waals surface area contributed by atoms with Gasteiger partial charge in [0.2, 0.25) is 0 Å². The number of carbonyl (C=O) groups is 1. The van der Waals surface area contributed by atoms with Crippen molar-refractivity contribution in [3.8, 4) is 5.75 Å². The lowest BCUT2D eigenvalue weighted by Crippen LogP contribution is -2.82. The summed E-state index contributed by atoms with van der Waals surface area (Å²) in [5.74, 6) is 1.69. The van der Waals surface area contributed by atoms with Gasteiger partial charge in [-0.25, -0.2) is 0 Å². The van der Waals surface area contributed by atoms with Gasteiger partial charge >= 0.3 is 5.97 Å². The second kappa shape index (κ2) is 11.4. The summed E-state index contributed by atoms with van der Waals surface area (Å²) in [6.45, 7) is 4.14. The average molecular weight is 625 g/mol. The van der Waals surface area contributed by atoms with Gasteiger partial charge in [-0.05, 0) is 97.4 Å². The molecule has 3 saturated heterocycles. The quantitative estimate of drug-likeness (QED) is 0.171. The molecular weight excluding hydrogens is 580 g/mol. The topological polar surface area (TPSA) is 42.0 Å². The van der Waals surface area contributed by atoms with E-state index in [1.165, 1.54) is 35.1 Å².